The third-order valence-electron chi connectivity index (χ3n) is 2.99. The van der Waals surface area contributed by atoms with Crippen molar-refractivity contribution in [3.05, 3.63) is 53.6 Å². The SMILES string of the molecule is COCOc1cc(O)ccc1/C=C/C(=O)c1ccc(O)cc1O. The lowest BCUT2D eigenvalue weighted by Gasteiger charge is -2.08. The van der Waals surface area contributed by atoms with Gasteiger partial charge in [0, 0.05) is 24.8 Å². The second-order valence-corrected chi connectivity index (χ2v) is 4.67. The summed E-state index contributed by atoms with van der Waals surface area (Å²) in [6, 6.07) is 8.18. The summed E-state index contributed by atoms with van der Waals surface area (Å²) in [6.45, 7) is -0.00299. The smallest absolute Gasteiger partial charge is 0.189 e. The van der Waals surface area contributed by atoms with E-state index in [9.17, 15) is 20.1 Å². The van der Waals surface area contributed by atoms with Crippen molar-refractivity contribution >= 4 is 11.9 Å². The molecule has 2 aromatic carbocycles. The number of hydrogen-bond acceptors (Lipinski definition) is 6. The number of methoxy groups -OCH3 is 1. The Labute approximate surface area is 132 Å². The fourth-order valence-electron chi connectivity index (χ4n) is 1.89. The highest BCUT2D eigenvalue weighted by molar-refractivity contribution is 6.08. The number of allylic oxidation sites excluding steroid dienone is 1. The number of ketones is 1. The van der Waals surface area contributed by atoms with E-state index in [1.807, 2.05) is 0 Å². The molecule has 0 aromatic heterocycles. The summed E-state index contributed by atoms with van der Waals surface area (Å²) < 4.78 is 10.1. The van der Waals surface area contributed by atoms with Gasteiger partial charge in [0.1, 0.15) is 23.0 Å². The zero-order chi connectivity index (χ0) is 16.8. The topological polar surface area (TPSA) is 96.2 Å². The largest absolute Gasteiger partial charge is 0.508 e. The van der Waals surface area contributed by atoms with Gasteiger partial charge in [-0.25, -0.2) is 0 Å². The zero-order valence-electron chi connectivity index (χ0n) is 12.4. The molecule has 2 aromatic rings. The number of aromatic hydroxyl groups is 3. The van der Waals surface area contributed by atoms with Gasteiger partial charge in [0.15, 0.2) is 12.6 Å². The summed E-state index contributed by atoms with van der Waals surface area (Å²) >= 11 is 0. The molecule has 0 bridgehead atoms. The van der Waals surface area contributed by atoms with Gasteiger partial charge in [-0.3, -0.25) is 4.79 Å². The van der Waals surface area contributed by atoms with Gasteiger partial charge in [0.2, 0.25) is 0 Å². The van der Waals surface area contributed by atoms with Gasteiger partial charge in [-0.05, 0) is 36.4 Å². The average molecular weight is 316 g/mol. The quantitative estimate of drug-likeness (QED) is 0.431. The number of phenolic OH excluding ortho intramolecular Hbond substituents is 3. The molecule has 0 radical (unpaired) electrons. The second kappa shape index (κ2) is 7.33. The Morgan fingerprint density at radius 2 is 1.78 bits per heavy atom. The molecule has 0 aliphatic rings. The van der Waals surface area contributed by atoms with Crippen LogP contribution in [0.3, 0.4) is 0 Å². The Hall–Kier alpha value is -2.99. The summed E-state index contributed by atoms with van der Waals surface area (Å²) in [6.07, 6.45) is 2.76. The lowest BCUT2D eigenvalue weighted by atomic mass is 10.1. The number of benzene rings is 2. The van der Waals surface area contributed by atoms with Crippen LogP contribution in [-0.4, -0.2) is 35.0 Å². The molecule has 0 unspecified atom stereocenters. The summed E-state index contributed by atoms with van der Waals surface area (Å²) in [5.74, 6) is -0.493. The van der Waals surface area contributed by atoms with Gasteiger partial charge < -0.3 is 24.8 Å². The van der Waals surface area contributed by atoms with Crippen molar-refractivity contribution in [3.8, 4) is 23.0 Å². The molecule has 0 spiro atoms. The van der Waals surface area contributed by atoms with Crippen molar-refractivity contribution < 1.29 is 29.6 Å². The molecule has 6 heteroatoms. The molecular weight excluding hydrogens is 300 g/mol. The van der Waals surface area contributed by atoms with Crippen LogP contribution >= 0.6 is 0 Å². The maximum atomic E-state index is 12.1. The van der Waals surface area contributed by atoms with E-state index < -0.39 is 5.78 Å². The van der Waals surface area contributed by atoms with Crippen LogP contribution in [0.2, 0.25) is 0 Å². The first-order valence-electron chi connectivity index (χ1n) is 6.70. The van der Waals surface area contributed by atoms with Crippen LogP contribution in [0.1, 0.15) is 15.9 Å². The van der Waals surface area contributed by atoms with Crippen LogP contribution < -0.4 is 4.74 Å². The molecule has 0 saturated heterocycles. The lowest BCUT2D eigenvalue weighted by molar-refractivity contribution is 0.0508. The Balaban J connectivity index is 2.23. The molecule has 0 fully saturated rings. The number of ether oxygens (including phenoxy) is 2. The predicted molar refractivity (Wildman–Crippen MR) is 83.7 cm³/mol. The summed E-state index contributed by atoms with van der Waals surface area (Å²) in [4.78, 5) is 12.1. The standard InChI is InChI=1S/C17H16O6/c1-22-10-23-17-9-13(19)4-2-11(17)3-7-15(20)14-6-5-12(18)8-16(14)21/h2-9,18-19,21H,10H2,1H3/b7-3+. The van der Waals surface area contributed by atoms with Gasteiger partial charge in [0.25, 0.3) is 0 Å². The van der Waals surface area contributed by atoms with E-state index in [4.69, 9.17) is 9.47 Å². The molecule has 0 aliphatic carbocycles. The van der Waals surface area contributed by atoms with E-state index >= 15 is 0 Å². The third kappa shape index (κ3) is 4.24. The molecule has 3 N–H and O–H groups in total. The first-order valence-corrected chi connectivity index (χ1v) is 6.70. The first kappa shape index (κ1) is 16.4. The minimum Gasteiger partial charge on any atom is -0.508 e. The van der Waals surface area contributed by atoms with Crippen LogP contribution in [0.4, 0.5) is 0 Å². The van der Waals surface area contributed by atoms with Gasteiger partial charge in [0.05, 0.1) is 5.56 Å². The van der Waals surface area contributed by atoms with Gasteiger partial charge in [-0.1, -0.05) is 0 Å². The van der Waals surface area contributed by atoms with E-state index in [0.717, 1.165) is 6.07 Å². The number of carbonyl (C=O) groups excluding carboxylic acids is 1. The number of phenols is 3. The zero-order valence-corrected chi connectivity index (χ0v) is 12.4. The number of carbonyl (C=O) groups is 1. The predicted octanol–water partition coefficient (Wildman–Crippen LogP) is 2.68. The minimum atomic E-state index is -0.437. The molecule has 0 heterocycles. The van der Waals surface area contributed by atoms with Crippen molar-refractivity contribution in [3.63, 3.8) is 0 Å². The van der Waals surface area contributed by atoms with Crippen LogP contribution in [0.25, 0.3) is 6.08 Å². The number of hydrogen-bond donors (Lipinski definition) is 3. The molecule has 120 valence electrons. The fourth-order valence-corrected chi connectivity index (χ4v) is 1.89. The molecule has 2 rings (SSSR count). The molecule has 0 aliphatic heterocycles. The van der Waals surface area contributed by atoms with Gasteiger partial charge >= 0.3 is 0 Å². The van der Waals surface area contributed by atoms with E-state index in [2.05, 4.69) is 0 Å². The molecule has 6 nitrogen and oxygen atoms in total. The molecule has 0 amide bonds. The molecule has 23 heavy (non-hydrogen) atoms. The summed E-state index contributed by atoms with van der Waals surface area (Å²) in [5, 5.41) is 28.4. The Morgan fingerprint density at radius 3 is 2.48 bits per heavy atom. The highest BCUT2D eigenvalue weighted by Gasteiger charge is 2.09. The van der Waals surface area contributed by atoms with Crippen molar-refractivity contribution in [1.82, 2.24) is 0 Å². The van der Waals surface area contributed by atoms with Crippen LogP contribution in [-0.2, 0) is 4.74 Å². The average Bonchev–Trinajstić information content (AvgIpc) is 2.51. The summed E-state index contributed by atoms with van der Waals surface area (Å²) in [7, 11) is 1.47. The van der Waals surface area contributed by atoms with E-state index in [0.29, 0.717) is 11.3 Å². The van der Waals surface area contributed by atoms with Gasteiger partial charge in [-0.2, -0.15) is 0 Å². The van der Waals surface area contributed by atoms with E-state index in [-0.39, 0.29) is 29.6 Å². The van der Waals surface area contributed by atoms with Gasteiger partial charge in [-0.15, -0.1) is 0 Å². The maximum absolute atomic E-state index is 12.1. The van der Waals surface area contributed by atoms with Crippen molar-refractivity contribution in [1.29, 1.82) is 0 Å². The number of rotatable bonds is 6. The fraction of sp³-hybridized carbons (Fsp3) is 0.118. The lowest BCUT2D eigenvalue weighted by Crippen LogP contribution is -2.00. The van der Waals surface area contributed by atoms with Crippen molar-refractivity contribution in [2.45, 2.75) is 0 Å². The van der Waals surface area contributed by atoms with Crippen LogP contribution in [0, 0.1) is 0 Å². The highest BCUT2D eigenvalue weighted by Crippen LogP contribution is 2.27. The Kier molecular flexibility index (Phi) is 5.22. The van der Waals surface area contributed by atoms with Crippen LogP contribution in [0.15, 0.2) is 42.5 Å². The monoisotopic (exact) mass is 316 g/mol. The molecule has 0 saturated carbocycles. The third-order valence-corrected chi connectivity index (χ3v) is 2.99. The van der Waals surface area contributed by atoms with Crippen molar-refractivity contribution in [2.75, 3.05) is 13.9 Å². The molecular formula is C17H16O6. The highest BCUT2D eigenvalue weighted by atomic mass is 16.7. The normalized spacial score (nSPS) is 10.8. The Morgan fingerprint density at radius 1 is 1.09 bits per heavy atom. The second-order valence-electron chi connectivity index (χ2n) is 4.67. The van der Waals surface area contributed by atoms with E-state index in [1.165, 1.54) is 43.5 Å². The van der Waals surface area contributed by atoms with Crippen LogP contribution in [0.5, 0.6) is 23.0 Å². The van der Waals surface area contributed by atoms with Crippen molar-refractivity contribution in [2.24, 2.45) is 0 Å². The van der Waals surface area contributed by atoms with E-state index in [1.54, 1.807) is 6.07 Å². The first-order chi connectivity index (χ1) is 11.0. The summed E-state index contributed by atoms with van der Waals surface area (Å²) in [5.41, 5.74) is 0.628. The minimum absolute atomic E-state index is 0.00299. The Bertz CT molecular complexity index is 736. The maximum Gasteiger partial charge on any atom is 0.189 e. The molecule has 0 atom stereocenters.